The lowest BCUT2D eigenvalue weighted by atomic mass is 10.1. The minimum Gasteiger partial charge on any atom is -0.378 e. The number of nitrogens with one attached hydrogen (secondary N) is 1. The SMILES string of the molecule is Cc1ccn2c(CCOC3CCNCC3)nnc2c1. The fraction of sp³-hybridized carbons (Fsp3) is 0.571. The Balaban J connectivity index is 1.59. The fourth-order valence-corrected chi connectivity index (χ4v) is 2.49. The van der Waals surface area contributed by atoms with E-state index in [0.717, 1.165) is 50.4 Å². The van der Waals surface area contributed by atoms with Gasteiger partial charge < -0.3 is 10.1 Å². The first-order chi connectivity index (χ1) is 9.33. The number of hydrogen-bond donors (Lipinski definition) is 1. The van der Waals surface area contributed by atoms with E-state index >= 15 is 0 Å². The molecule has 3 rings (SSSR count). The van der Waals surface area contributed by atoms with Gasteiger partial charge in [0.05, 0.1) is 12.7 Å². The minimum absolute atomic E-state index is 0.405. The van der Waals surface area contributed by atoms with Crippen molar-refractivity contribution in [3.8, 4) is 0 Å². The molecule has 3 heterocycles. The van der Waals surface area contributed by atoms with Crippen LogP contribution >= 0.6 is 0 Å². The summed E-state index contributed by atoms with van der Waals surface area (Å²) in [5, 5.41) is 11.8. The summed E-state index contributed by atoms with van der Waals surface area (Å²) in [6.45, 7) is 4.92. The molecule has 2 aromatic rings. The first kappa shape index (κ1) is 12.6. The molecule has 1 fully saturated rings. The van der Waals surface area contributed by atoms with Crippen LogP contribution in [-0.4, -0.2) is 40.4 Å². The van der Waals surface area contributed by atoms with Crippen LogP contribution in [0.3, 0.4) is 0 Å². The van der Waals surface area contributed by atoms with E-state index in [1.807, 2.05) is 16.7 Å². The summed E-state index contributed by atoms with van der Waals surface area (Å²) in [4.78, 5) is 0. The lowest BCUT2D eigenvalue weighted by molar-refractivity contribution is 0.0341. The standard InChI is InChI=1S/C14H20N4O/c1-11-4-8-18-13(16-17-14(18)10-11)5-9-19-12-2-6-15-7-3-12/h4,8,10,12,15H,2-3,5-7,9H2,1H3. The molecule has 0 aliphatic carbocycles. The third kappa shape index (κ3) is 2.93. The predicted molar refractivity (Wildman–Crippen MR) is 73.3 cm³/mol. The molecule has 5 heteroatoms. The summed E-state index contributed by atoms with van der Waals surface area (Å²) < 4.78 is 7.95. The smallest absolute Gasteiger partial charge is 0.161 e. The van der Waals surface area contributed by atoms with Crippen LogP contribution in [0, 0.1) is 6.92 Å². The van der Waals surface area contributed by atoms with Crippen molar-refractivity contribution in [3.05, 3.63) is 29.7 Å². The predicted octanol–water partition coefficient (Wildman–Crippen LogP) is 1.35. The van der Waals surface area contributed by atoms with Crippen LogP contribution in [-0.2, 0) is 11.2 Å². The highest BCUT2D eigenvalue weighted by Gasteiger charge is 2.13. The van der Waals surface area contributed by atoms with E-state index in [1.54, 1.807) is 0 Å². The van der Waals surface area contributed by atoms with Gasteiger partial charge in [0.2, 0.25) is 0 Å². The number of rotatable bonds is 4. The van der Waals surface area contributed by atoms with Gasteiger partial charge in [-0.2, -0.15) is 0 Å². The Bertz CT molecular complexity index is 545. The van der Waals surface area contributed by atoms with Gasteiger partial charge in [0.15, 0.2) is 5.65 Å². The molecule has 1 aliphatic heterocycles. The van der Waals surface area contributed by atoms with Gasteiger partial charge in [-0.1, -0.05) is 0 Å². The number of aromatic nitrogens is 3. The molecule has 1 saturated heterocycles. The zero-order chi connectivity index (χ0) is 13.1. The summed E-state index contributed by atoms with van der Waals surface area (Å²) in [5.41, 5.74) is 2.12. The number of aryl methyl sites for hydroxylation is 1. The first-order valence-corrected chi connectivity index (χ1v) is 6.95. The molecule has 1 aliphatic rings. The van der Waals surface area contributed by atoms with Gasteiger partial charge in [-0.15, -0.1) is 10.2 Å². The molecular weight excluding hydrogens is 240 g/mol. The summed E-state index contributed by atoms with van der Waals surface area (Å²) in [6.07, 6.45) is 5.47. The van der Waals surface area contributed by atoms with E-state index in [2.05, 4.69) is 28.5 Å². The van der Waals surface area contributed by atoms with Gasteiger partial charge in [-0.05, 0) is 50.6 Å². The Kier molecular flexibility index (Phi) is 3.75. The van der Waals surface area contributed by atoms with Crippen molar-refractivity contribution in [2.24, 2.45) is 0 Å². The van der Waals surface area contributed by atoms with Crippen LogP contribution in [0.4, 0.5) is 0 Å². The molecule has 5 nitrogen and oxygen atoms in total. The summed E-state index contributed by atoms with van der Waals surface area (Å²) in [5.74, 6) is 0.976. The lowest BCUT2D eigenvalue weighted by Gasteiger charge is -2.22. The Morgan fingerprint density at radius 2 is 2.21 bits per heavy atom. The normalized spacial score (nSPS) is 17.1. The number of piperidine rings is 1. The summed E-state index contributed by atoms with van der Waals surface area (Å²) >= 11 is 0. The van der Waals surface area contributed by atoms with Crippen molar-refractivity contribution < 1.29 is 4.74 Å². The molecule has 0 bridgehead atoms. The second-order valence-electron chi connectivity index (χ2n) is 5.12. The van der Waals surface area contributed by atoms with Crippen LogP contribution in [0.2, 0.25) is 0 Å². The van der Waals surface area contributed by atoms with Crippen LogP contribution in [0.25, 0.3) is 5.65 Å². The molecule has 0 unspecified atom stereocenters. The van der Waals surface area contributed by atoms with Crippen molar-refractivity contribution in [2.45, 2.75) is 32.3 Å². The molecule has 0 spiro atoms. The van der Waals surface area contributed by atoms with E-state index in [9.17, 15) is 0 Å². The molecule has 102 valence electrons. The van der Waals surface area contributed by atoms with Crippen LogP contribution < -0.4 is 5.32 Å². The zero-order valence-electron chi connectivity index (χ0n) is 11.3. The highest BCUT2D eigenvalue weighted by Crippen LogP contribution is 2.10. The van der Waals surface area contributed by atoms with E-state index in [0.29, 0.717) is 6.10 Å². The first-order valence-electron chi connectivity index (χ1n) is 6.95. The molecule has 0 saturated carbocycles. The Morgan fingerprint density at radius 3 is 3.05 bits per heavy atom. The van der Waals surface area contributed by atoms with Crippen molar-refractivity contribution in [1.82, 2.24) is 19.9 Å². The topological polar surface area (TPSA) is 51.5 Å². The van der Waals surface area contributed by atoms with Crippen molar-refractivity contribution >= 4 is 5.65 Å². The Morgan fingerprint density at radius 1 is 1.37 bits per heavy atom. The maximum Gasteiger partial charge on any atom is 0.161 e. The van der Waals surface area contributed by atoms with E-state index < -0.39 is 0 Å². The largest absolute Gasteiger partial charge is 0.378 e. The van der Waals surface area contributed by atoms with Crippen LogP contribution in [0.5, 0.6) is 0 Å². The number of fused-ring (bicyclic) bond motifs is 1. The molecule has 0 radical (unpaired) electrons. The third-order valence-corrected chi connectivity index (χ3v) is 3.60. The fourth-order valence-electron chi connectivity index (χ4n) is 2.49. The second kappa shape index (κ2) is 5.67. The lowest BCUT2D eigenvalue weighted by Crippen LogP contribution is -2.32. The number of ether oxygens (including phenoxy) is 1. The highest BCUT2D eigenvalue weighted by atomic mass is 16.5. The molecule has 2 aromatic heterocycles. The average molecular weight is 260 g/mol. The molecule has 0 atom stereocenters. The van der Waals surface area contributed by atoms with Crippen molar-refractivity contribution in [3.63, 3.8) is 0 Å². The van der Waals surface area contributed by atoms with E-state index in [4.69, 9.17) is 4.74 Å². The van der Waals surface area contributed by atoms with Gasteiger partial charge >= 0.3 is 0 Å². The second-order valence-corrected chi connectivity index (χ2v) is 5.12. The number of pyridine rings is 1. The molecule has 0 amide bonds. The highest BCUT2D eigenvalue weighted by molar-refractivity contribution is 5.40. The molecular formula is C14H20N4O. The Hall–Kier alpha value is -1.46. The van der Waals surface area contributed by atoms with Gasteiger partial charge in [-0.25, -0.2) is 0 Å². The molecule has 19 heavy (non-hydrogen) atoms. The van der Waals surface area contributed by atoms with Gasteiger partial charge in [0, 0.05) is 12.6 Å². The number of nitrogens with zero attached hydrogens (tertiary/aromatic N) is 3. The van der Waals surface area contributed by atoms with Gasteiger partial charge in [0.25, 0.3) is 0 Å². The van der Waals surface area contributed by atoms with Gasteiger partial charge in [0.1, 0.15) is 5.82 Å². The summed E-state index contributed by atoms with van der Waals surface area (Å²) in [7, 11) is 0. The quantitative estimate of drug-likeness (QED) is 0.901. The third-order valence-electron chi connectivity index (χ3n) is 3.60. The monoisotopic (exact) mass is 260 g/mol. The van der Waals surface area contributed by atoms with Crippen molar-refractivity contribution in [2.75, 3.05) is 19.7 Å². The van der Waals surface area contributed by atoms with Gasteiger partial charge in [-0.3, -0.25) is 4.40 Å². The average Bonchev–Trinajstić information content (AvgIpc) is 2.82. The van der Waals surface area contributed by atoms with Crippen molar-refractivity contribution in [1.29, 1.82) is 0 Å². The van der Waals surface area contributed by atoms with Crippen LogP contribution in [0.1, 0.15) is 24.2 Å². The molecule has 1 N–H and O–H groups in total. The molecule has 0 aromatic carbocycles. The Labute approximate surface area is 113 Å². The van der Waals surface area contributed by atoms with E-state index in [-0.39, 0.29) is 0 Å². The maximum atomic E-state index is 5.91. The zero-order valence-corrected chi connectivity index (χ0v) is 11.3. The number of hydrogen-bond acceptors (Lipinski definition) is 4. The minimum atomic E-state index is 0.405. The van der Waals surface area contributed by atoms with Crippen LogP contribution in [0.15, 0.2) is 18.3 Å². The van der Waals surface area contributed by atoms with E-state index in [1.165, 1.54) is 5.56 Å². The summed E-state index contributed by atoms with van der Waals surface area (Å²) in [6, 6.07) is 4.12. The maximum absolute atomic E-state index is 5.91.